The topological polar surface area (TPSA) is 64.1 Å². The minimum absolute atomic E-state index is 0. The molecule has 0 aromatic heterocycles. The van der Waals surface area contributed by atoms with Gasteiger partial charge in [-0.15, -0.1) is 24.0 Å². The zero-order valence-electron chi connectivity index (χ0n) is 15.9. The van der Waals surface area contributed by atoms with Gasteiger partial charge in [-0.05, 0) is 31.2 Å². The summed E-state index contributed by atoms with van der Waals surface area (Å²) in [4.78, 5) is 4.13. The molecule has 2 N–H and O–H groups in total. The van der Waals surface area contributed by atoms with Gasteiger partial charge in [-0.3, -0.25) is 4.99 Å². The highest BCUT2D eigenvalue weighted by molar-refractivity contribution is 14.0. The van der Waals surface area contributed by atoms with Crippen LogP contribution in [0.5, 0.6) is 17.2 Å². The molecule has 0 spiro atoms. The molecule has 2 aromatic carbocycles. The predicted octanol–water partition coefficient (Wildman–Crippen LogP) is 4.06. The van der Waals surface area contributed by atoms with Gasteiger partial charge in [-0.1, -0.05) is 0 Å². The third-order valence-corrected chi connectivity index (χ3v) is 3.50. The lowest BCUT2D eigenvalue weighted by molar-refractivity contribution is 0.311. The molecule has 0 atom stereocenters. The Bertz CT molecular complexity index is 791. The molecule has 0 saturated heterocycles. The van der Waals surface area contributed by atoms with E-state index in [1.165, 1.54) is 6.07 Å². The van der Waals surface area contributed by atoms with Crippen LogP contribution in [0.15, 0.2) is 41.4 Å². The third kappa shape index (κ3) is 7.02. The molecule has 6 nitrogen and oxygen atoms in total. The van der Waals surface area contributed by atoms with Crippen molar-refractivity contribution >= 4 is 35.6 Å². The normalized spacial score (nSPS) is 10.7. The molecule has 28 heavy (non-hydrogen) atoms. The number of methoxy groups -OCH3 is 1. The lowest BCUT2D eigenvalue weighted by Crippen LogP contribution is -2.33. The molecule has 0 unspecified atom stereocenters. The van der Waals surface area contributed by atoms with Crippen LogP contribution in [0.1, 0.15) is 6.92 Å². The van der Waals surface area contributed by atoms with Crippen LogP contribution in [0.25, 0.3) is 0 Å². The van der Waals surface area contributed by atoms with Gasteiger partial charge < -0.3 is 24.8 Å². The summed E-state index contributed by atoms with van der Waals surface area (Å²) in [5.41, 5.74) is 0.768. The number of rotatable bonds is 8. The van der Waals surface area contributed by atoms with E-state index in [4.69, 9.17) is 14.2 Å². The van der Waals surface area contributed by atoms with E-state index < -0.39 is 11.6 Å². The van der Waals surface area contributed by atoms with E-state index in [2.05, 4.69) is 15.6 Å². The van der Waals surface area contributed by atoms with Gasteiger partial charge in [0.1, 0.15) is 12.4 Å². The summed E-state index contributed by atoms with van der Waals surface area (Å²) in [6.07, 6.45) is 0. The number of halogens is 3. The Balaban J connectivity index is 0.00000392. The fourth-order valence-corrected chi connectivity index (χ4v) is 2.24. The fraction of sp³-hybridized carbons (Fsp3) is 0.316. The highest BCUT2D eigenvalue weighted by Crippen LogP contribution is 2.30. The first-order valence-electron chi connectivity index (χ1n) is 8.43. The Morgan fingerprint density at radius 1 is 1.04 bits per heavy atom. The molecular formula is C19H24F2IN3O3. The van der Waals surface area contributed by atoms with Crippen molar-refractivity contribution in [3.8, 4) is 17.2 Å². The molecule has 2 rings (SSSR count). The van der Waals surface area contributed by atoms with Crippen LogP contribution < -0.4 is 24.8 Å². The smallest absolute Gasteiger partial charge is 0.195 e. The second-order valence-electron chi connectivity index (χ2n) is 5.35. The molecule has 0 bridgehead atoms. The number of guanidine groups is 1. The van der Waals surface area contributed by atoms with Crippen molar-refractivity contribution in [2.45, 2.75) is 6.92 Å². The van der Waals surface area contributed by atoms with Crippen LogP contribution in [0, 0.1) is 11.6 Å². The van der Waals surface area contributed by atoms with Crippen molar-refractivity contribution in [3.63, 3.8) is 0 Å². The van der Waals surface area contributed by atoms with Crippen molar-refractivity contribution in [2.24, 2.45) is 4.99 Å². The number of nitrogens with zero attached hydrogens (tertiary/aromatic N) is 1. The summed E-state index contributed by atoms with van der Waals surface area (Å²) in [6, 6.07) is 8.86. The summed E-state index contributed by atoms with van der Waals surface area (Å²) in [5.74, 6) is 0.204. The van der Waals surface area contributed by atoms with E-state index in [9.17, 15) is 8.78 Å². The maximum Gasteiger partial charge on any atom is 0.195 e. The lowest BCUT2D eigenvalue weighted by Gasteiger charge is -2.15. The molecule has 0 fully saturated rings. The molecular weight excluding hydrogens is 483 g/mol. The van der Waals surface area contributed by atoms with Crippen LogP contribution in [-0.4, -0.2) is 39.9 Å². The molecule has 2 aromatic rings. The van der Waals surface area contributed by atoms with E-state index >= 15 is 0 Å². The molecule has 0 aliphatic heterocycles. The molecule has 0 aliphatic carbocycles. The molecule has 9 heteroatoms. The van der Waals surface area contributed by atoms with Crippen molar-refractivity contribution in [1.82, 2.24) is 5.32 Å². The van der Waals surface area contributed by atoms with Crippen LogP contribution in [0.2, 0.25) is 0 Å². The summed E-state index contributed by atoms with van der Waals surface area (Å²) in [5, 5.41) is 6.19. The van der Waals surface area contributed by atoms with Gasteiger partial charge in [0.2, 0.25) is 0 Å². The number of nitrogens with one attached hydrogen (secondary N) is 2. The first-order chi connectivity index (χ1) is 13.1. The Kier molecular flexibility index (Phi) is 10.4. The summed E-state index contributed by atoms with van der Waals surface area (Å²) in [7, 11) is 3.21. The van der Waals surface area contributed by atoms with Gasteiger partial charge in [0.25, 0.3) is 0 Å². The third-order valence-electron chi connectivity index (χ3n) is 3.50. The first-order valence-corrected chi connectivity index (χ1v) is 8.43. The number of hydrogen-bond donors (Lipinski definition) is 2. The number of benzene rings is 2. The van der Waals surface area contributed by atoms with E-state index in [0.717, 1.165) is 17.8 Å². The van der Waals surface area contributed by atoms with Gasteiger partial charge in [0.05, 0.1) is 20.3 Å². The quantitative estimate of drug-likeness (QED) is 0.244. The Morgan fingerprint density at radius 3 is 2.46 bits per heavy atom. The van der Waals surface area contributed by atoms with Gasteiger partial charge in [-0.25, -0.2) is 8.78 Å². The van der Waals surface area contributed by atoms with Crippen molar-refractivity contribution in [1.29, 1.82) is 0 Å². The van der Waals surface area contributed by atoms with Crippen molar-refractivity contribution in [2.75, 3.05) is 39.2 Å². The monoisotopic (exact) mass is 507 g/mol. The molecule has 0 heterocycles. The maximum atomic E-state index is 13.1. The molecule has 0 radical (unpaired) electrons. The van der Waals surface area contributed by atoms with Crippen LogP contribution in [-0.2, 0) is 0 Å². The molecule has 0 amide bonds. The fourth-order valence-electron chi connectivity index (χ4n) is 2.24. The first kappa shape index (κ1) is 23.7. The largest absolute Gasteiger partial charge is 0.493 e. The number of ether oxygens (including phenoxy) is 3. The summed E-state index contributed by atoms with van der Waals surface area (Å²) >= 11 is 0. The van der Waals surface area contributed by atoms with Gasteiger partial charge >= 0.3 is 0 Å². The van der Waals surface area contributed by atoms with Crippen LogP contribution >= 0.6 is 24.0 Å². The van der Waals surface area contributed by atoms with Gasteiger partial charge in [0, 0.05) is 24.9 Å². The van der Waals surface area contributed by atoms with E-state index in [0.29, 0.717) is 30.6 Å². The second-order valence-corrected chi connectivity index (χ2v) is 5.35. The van der Waals surface area contributed by atoms with Gasteiger partial charge in [0.15, 0.2) is 29.1 Å². The second kappa shape index (κ2) is 12.2. The Labute approximate surface area is 180 Å². The number of anilines is 1. The molecule has 0 saturated carbocycles. The highest BCUT2D eigenvalue weighted by atomic mass is 127. The Morgan fingerprint density at radius 2 is 1.82 bits per heavy atom. The lowest BCUT2D eigenvalue weighted by atomic mass is 10.2. The average Bonchev–Trinajstić information content (AvgIpc) is 2.68. The SMILES string of the molecule is CCOc1ccc(NC(=NC)NCCOc2ccc(F)c(F)c2)cc1OC.I. The standard InChI is InChI=1S/C19H23F2N3O3.HI/c1-4-26-17-8-5-13(11-18(17)25-3)24-19(22-2)23-9-10-27-14-6-7-15(20)16(21)12-14;/h5-8,11-12H,4,9-10H2,1-3H3,(H2,22,23,24);1H. The van der Waals surface area contributed by atoms with Gasteiger partial charge in [-0.2, -0.15) is 0 Å². The average molecular weight is 507 g/mol. The van der Waals surface area contributed by atoms with E-state index in [1.807, 2.05) is 19.1 Å². The molecule has 0 aliphatic rings. The minimum Gasteiger partial charge on any atom is -0.493 e. The molecule has 154 valence electrons. The number of hydrogen-bond acceptors (Lipinski definition) is 4. The minimum atomic E-state index is -0.942. The van der Waals surface area contributed by atoms with E-state index in [-0.39, 0.29) is 36.3 Å². The number of aliphatic imine (C=N–C) groups is 1. The summed E-state index contributed by atoms with van der Waals surface area (Å²) < 4.78 is 42.2. The highest BCUT2D eigenvalue weighted by Gasteiger charge is 2.07. The Hall–Kier alpha value is -2.30. The zero-order chi connectivity index (χ0) is 19.6. The maximum absolute atomic E-state index is 13.1. The van der Waals surface area contributed by atoms with Crippen molar-refractivity contribution in [3.05, 3.63) is 48.0 Å². The van der Waals surface area contributed by atoms with Crippen LogP contribution in [0.3, 0.4) is 0 Å². The zero-order valence-corrected chi connectivity index (χ0v) is 18.3. The summed E-state index contributed by atoms with van der Waals surface area (Å²) in [6.45, 7) is 3.11. The van der Waals surface area contributed by atoms with Crippen molar-refractivity contribution < 1.29 is 23.0 Å². The van der Waals surface area contributed by atoms with Crippen LogP contribution in [0.4, 0.5) is 14.5 Å². The van der Waals surface area contributed by atoms with E-state index in [1.54, 1.807) is 20.2 Å². The predicted molar refractivity (Wildman–Crippen MR) is 116 cm³/mol.